The molecule has 0 unspecified atom stereocenters. The molecule has 0 saturated heterocycles. The third-order valence-corrected chi connectivity index (χ3v) is 3.32. The molecule has 1 aliphatic carbocycles. The quantitative estimate of drug-likeness (QED) is 0.685. The summed E-state index contributed by atoms with van der Waals surface area (Å²) in [5.74, 6) is 0.658. The first-order valence-electron chi connectivity index (χ1n) is 6.52. The van der Waals surface area contributed by atoms with E-state index >= 15 is 0 Å². The van der Waals surface area contributed by atoms with E-state index in [2.05, 4.69) is 15.2 Å². The van der Waals surface area contributed by atoms with Crippen molar-refractivity contribution in [1.82, 2.24) is 24.4 Å². The van der Waals surface area contributed by atoms with Crippen molar-refractivity contribution in [3.8, 4) is 0 Å². The summed E-state index contributed by atoms with van der Waals surface area (Å²) in [6.45, 7) is 0. The Labute approximate surface area is 128 Å². The minimum absolute atomic E-state index is 0.0625. The van der Waals surface area contributed by atoms with Crippen LogP contribution >= 0.6 is 11.6 Å². The van der Waals surface area contributed by atoms with E-state index in [1.54, 1.807) is 10.7 Å². The van der Waals surface area contributed by atoms with E-state index in [0.717, 1.165) is 18.0 Å². The Hall–Kier alpha value is -2.09. The van der Waals surface area contributed by atoms with Crippen LogP contribution in [0.4, 0.5) is 13.2 Å². The minimum Gasteiger partial charge on any atom is -0.235 e. The van der Waals surface area contributed by atoms with Gasteiger partial charge in [0.15, 0.2) is 5.65 Å². The molecule has 0 aliphatic heterocycles. The number of halogens is 4. The molecule has 4 rings (SSSR count). The fourth-order valence-corrected chi connectivity index (χ4v) is 2.22. The normalized spacial score (nSPS) is 14.7. The third-order valence-electron chi connectivity index (χ3n) is 3.14. The van der Waals surface area contributed by atoms with Gasteiger partial charge in [-0.1, -0.05) is 11.6 Å². The fourth-order valence-electron chi connectivity index (χ4n) is 2.02. The van der Waals surface area contributed by atoms with Crippen molar-refractivity contribution < 1.29 is 13.2 Å². The van der Waals surface area contributed by atoms with E-state index < -0.39 is 6.30 Å². The van der Waals surface area contributed by atoms with Crippen LogP contribution in [0.2, 0.25) is 5.15 Å². The number of imidazole rings is 1. The van der Waals surface area contributed by atoms with Gasteiger partial charge in [0.2, 0.25) is 0 Å². The van der Waals surface area contributed by atoms with Crippen molar-refractivity contribution in [2.24, 2.45) is 0 Å². The predicted octanol–water partition coefficient (Wildman–Crippen LogP) is 3.62. The summed E-state index contributed by atoms with van der Waals surface area (Å²) in [5, 5.41) is 7.65. The van der Waals surface area contributed by atoms with Crippen LogP contribution in [0.1, 0.15) is 24.3 Å². The molecular weight excluding hydrogens is 319 g/mol. The predicted molar refractivity (Wildman–Crippen MR) is 73.5 cm³/mol. The average Bonchev–Trinajstić information content (AvgIpc) is 2.95. The second-order valence-corrected chi connectivity index (χ2v) is 5.20. The van der Waals surface area contributed by atoms with Crippen LogP contribution in [-0.4, -0.2) is 24.4 Å². The Morgan fingerprint density at radius 2 is 1.95 bits per heavy atom. The molecule has 5 nitrogen and oxygen atoms in total. The highest BCUT2D eigenvalue weighted by atomic mass is 35.5. The molecule has 22 heavy (non-hydrogen) atoms. The van der Waals surface area contributed by atoms with E-state index in [1.165, 1.54) is 24.5 Å². The summed E-state index contributed by atoms with van der Waals surface area (Å²) in [5.41, 5.74) is 2.19. The maximum Gasteiger partial charge on any atom is 0.504 e. The van der Waals surface area contributed by atoms with Gasteiger partial charge in [-0.05, 0) is 30.9 Å². The Morgan fingerprint density at radius 1 is 1.18 bits per heavy atom. The second kappa shape index (κ2) is 5.60. The molecule has 3 aromatic rings. The molecule has 0 radical (unpaired) electrons. The molecule has 1 aliphatic rings. The summed E-state index contributed by atoms with van der Waals surface area (Å²) in [6.07, 6.45) is 3.64. The van der Waals surface area contributed by atoms with Crippen molar-refractivity contribution in [2.75, 3.05) is 0 Å². The second-order valence-electron chi connectivity index (χ2n) is 4.81. The number of nitrogens with zero attached hydrogens (tertiary/aromatic N) is 5. The third kappa shape index (κ3) is 3.22. The molecule has 0 amide bonds. The first kappa shape index (κ1) is 14.8. The SMILES string of the molecule is Clc1cc(C2CC2)c2nccn2n1.FC(F)(F)n1cccn1. The lowest BCUT2D eigenvalue weighted by atomic mass is 10.2. The Bertz CT molecular complexity index is 762. The summed E-state index contributed by atoms with van der Waals surface area (Å²) in [7, 11) is 0. The Morgan fingerprint density at radius 3 is 2.50 bits per heavy atom. The van der Waals surface area contributed by atoms with E-state index in [1.807, 2.05) is 12.3 Å². The zero-order valence-electron chi connectivity index (χ0n) is 11.2. The number of alkyl halides is 3. The topological polar surface area (TPSA) is 48.0 Å². The lowest BCUT2D eigenvalue weighted by Gasteiger charge is -2.03. The number of aromatic nitrogens is 5. The molecule has 3 aromatic heterocycles. The van der Waals surface area contributed by atoms with Crippen LogP contribution in [0.5, 0.6) is 0 Å². The van der Waals surface area contributed by atoms with Crippen molar-refractivity contribution in [1.29, 1.82) is 0 Å². The molecule has 0 spiro atoms. The van der Waals surface area contributed by atoms with Gasteiger partial charge in [0.05, 0.1) is 0 Å². The van der Waals surface area contributed by atoms with Crippen LogP contribution in [0.15, 0.2) is 36.9 Å². The summed E-state index contributed by atoms with van der Waals surface area (Å²) in [6, 6.07) is 3.15. The Kier molecular flexibility index (Phi) is 3.78. The molecular formula is C13H11ClF3N5. The first-order chi connectivity index (χ1) is 10.4. The van der Waals surface area contributed by atoms with Gasteiger partial charge in [0.25, 0.3) is 0 Å². The van der Waals surface area contributed by atoms with Crippen LogP contribution < -0.4 is 0 Å². The van der Waals surface area contributed by atoms with Crippen molar-refractivity contribution in [2.45, 2.75) is 25.1 Å². The molecule has 0 aromatic carbocycles. The number of hydrogen-bond donors (Lipinski definition) is 0. The van der Waals surface area contributed by atoms with E-state index in [4.69, 9.17) is 11.6 Å². The summed E-state index contributed by atoms with van der Waals surface area (Å²) < 4.78 is 36.2. The highest BCUT2D eigenvalue weighted by molar-refractivity contribution is 6.29. The number of rotatable bonds is 1. The van der Waals surface area contributed by atoms with Gasteiger partial charge in [-0.3, -0.25) is 0 Å². The fraction of sp³-hybridized carbons (Fsp3) is 0.308. The summed E-state index contributed by atoms with van der Waals surface area (Å²) in [4.78, 5) is 4.26. The molecule has 0 bridgehead atoms. The maximum atomic E-state index is 11.5. The van der Waals surface area contributed by atoms with Gasteiger partial charge in [-0.25, -0.2) is 9.50 Å². The lowest BCUT2D eigenvalue weighted by molar-refractivity contribution is -0.212. The largest absolute Gasteiger partial charge is 0.504 e. The minimum atomic E-state index is -4.37. The van der Waals surface area contributed by atoms with Gasteiger partial charge in [-0.15, -0.1) is 13.2 Å². The molecule has 9 heteroatoms. The van der Waals surface area contributed by atoms with Gasteiger partial charge in [0, 0.05) is 30.4 Å². The maximum absolute atomic E-state index is 11.5. The van der Waals surface area contributed by atoms with Crippen LogP contribution in [0.25, 0.3) is 5.65 Å². The van der Waals surface area contributed by atoms with Gasteiger partial charge in [-0.2, -0.15) is 14.9 Å². The average molecular weight is 330 g/mol. The van der Waals surface area contributed by atoms with E-state index in [-0.39, 0.29) is 4.68 Å². The summed E-state index contributed by atoms with van der Waals surface area (Å²) >= 11 is 5.89. The first-order valence-corrected chi connectivity index (χ1v) is 6.89. The standard InChI is InChI=1S/C9H8ClN3.C4H3F3N2/c10-8-5-7(6-1-2-6)9-11-3-4-13(9)12-8;5-4(6,7)9-3-1-2-8-9/h3-6H,1-2H2;1-3H. The number of hydrogen-bond acceptors (Lipinski definition) is 3. The molecule has 1 saturated carbocycles. The number of fused-ring (bicyclic) bond motifs is 1. The van der Waals surface area contributed by atoms with Crippen LogP contribution in [0.3, 0.4) is 0 Å². The van der Waals surface area contributed by atoms with Gasteiger partial charge in [0.1, 0.15) is 5.15 Å². The Balaban J connectivity index is 0.000000142. The molecule has 3 heterocycles. The van der Waals surface area contributed by atoms with Crippen molar-refractivity contribution in [3.05, 3.63) is 47.6 Å². The monoisotopic (exact) mass is 329 g/mol. The van der Waals surface area contributed by atoms with Gasteiger partial charge < -0.3 is 0 Å². The lowest BCUT2D eigenvalue weighted by Crippen LogP contribution is -2.16. The highest BCUT2D eigenvalue weighted by Gasteiger charge is 2.30. The molecule has 1 fully saturated rings. The van der Waals surface area contributed by atoms with E-state index in [9.17, 15) is 13.2 Å². The molecule has 0 atom stereocenters. The smallest absolute Gasteiger partial charge is 0.235 e. The van der Waals surface area contributed by atoms with Crippen molar-refractivity contribution in [3.63, 3.8) is 0 Å². The zero-order valence-corrected chi connectivity index (χ0v) is 12.0. The van der Waals surface area contributed by atoms with E-state index in [0.29, 0.717) is 11.1 Å². The van der Waals surface area contributed by atoms with Gasteiger partial charge >= 0.3 is 6.30 Å². The molecule has 0 N–H and O–H groups in total. The highest BCUT2D eigenvalue weighted by Crippen LogP contribution is 2.41. The zero-order chi connectivity index (χ0) is 15.7. The molecule has 116 valence electrons. The van der Waals surface area contributed by atoms with Crippen molar-refractivity contribution >= 4 is 17.2 Å². The van der Waals surface area contributed by atoms with Crippen LogP contribution in [-0.2, 0) is 6.30 Å². The van der Waals surface area contributed by atoms with Crippen LogP contribution in [0, 0.1) is 0 Å².